The molecule has 0 fully saturated rings. The number of hydrogen-bond donors (Lipinski definition) is 0. The molecule has 42 heavy (non-hydrogen) atoms. The molecule has 0 aliphatic carbocycles. The predicted octanol–water partition coefficient (Wildman–Crippen LogP) is 10.8. The molecule has 1 aromatic heterocycles. The fraction of sp³-hybridized carbons (Fsp3) is 0.150. The zero-order chi connectivity index (χ0) is 28.6. The lowest BCUT2D eigenvalue weighted by Gasteiger charge is -2.42. The third-order valence-corrected chi connectivity index (χ3v) is 10.1. The Hall–Kier alpha value is -4.82. The second kappa shape index (κ2) is 8.84. The summed E-state index contributed by atoms with van der Waals surface area (Å²) >= 11 is 0. The second-order valence-electron chi connectivity index (χ2n) is 12.7. The lowest BCUT2D eigenvalue weighted by Crippen LogP contribution is -2.48. The Kier molecular flexibility index (Phi) is 5.25. The largest absolute Gasteiger partial charge is 0.335 e. The molecule has 6 aromatic carbocycles. The summed E-state index contributed by atoms with van der Waals surface area (Å²) < 4.78 is 2.40. The standard InChI is InChI=1S/C40H34N2/c1-39(2)34-14-8-10-16-36(34)42(40(39,3)4)31-24-19-28(20-25-31)27-17-22-30(23-18-27)41-35-15-9-7-13-33(35)38-32-12-6-5-11-29(32)21-26-37(38)41/h5-26H,1-4H3. The molecule has 0 atom stereocenters. The van der Waals surface area contributed by atoms with E-state index in [0.29, 0.717) is 0 Å². The third-order valence-electron chi connectivity index (χ3n) is 10.1. The van der Waals surface area contributed by atoms with E-state index in [-0.39, 0.29) is 11.0 Å². The third kappa shape index (κ3) is 3.39. The van der Waals surface area contributed by atoms with Gasteiger partial charge in [0.15, 0.2) is 0 Å². The maximum Gasteiger partial charge on any atom is 0.0547 e. The molecule has 2 heterocycles. The quantitative estimate of drug-likeness (QED) is 0.216. The van der Waals surface area contributed by atoms with Crippen LogP contribution in [0.4, 0.5) is 11.4 Å². The van der Waals surface area contributed by atoms with E-state index in [1.54, 1.807) is 0 Å². The Morgan fingerprint density at radius 3 is 1.81 bits per heavy atom. The van der Waals surface area contributed by atoms with E-state index in [9.17, 15) is 0 Å². The summed E-state index contributed by atoms with van der Waals surface area (Å²) in [5, 5.41) is 5.18. The number of benzene rings is 6. The summed E-state index contributed by atoms with van der Waals surface area (Å²) in [5.41, 5.74) is 10.0. The number of para-hydroxylation sites is 2. The molecule has 1 aliphatic rings. The SMILES string of the molecule is CC1(C)c2ccccc2N(c2ccc(-c3ccc(-n4c5ccccc5c5c6ccccc6ccc54)cc3)cc2)C1(C)C. The van der Waals surface area contributed by atoms with Gasteiger partial charge in [-0.05, 0) is 83.8 Å². The van der Waals surface area contributed by atoms with Gasteiger partial charge in [0.25, 0.3) is 0 Å². The molecule has 0 saturated carbocycles. The highest BCUT2D eigenvalue weighted by atomic mass is 15.2. The number of aromatic nitrogens is 1. The van der Waals surface area contributed by atoms with Crippen molar-refractivity contribution >= 4 is 44.0 Å². The summed E-state index contributed by atoms with van der Waals surface area (Å²) in [7, 11) is 0. The minimum absolute atomic E-state index is 0.0389. The van der Waals surface area contributed by atoms with Gasteiger partial charge in [0, 0.05) is 38.8 Å². The van der Waals surface area contributed by atoms with Gasteiger partial charge in [0.2, 0.25) is 0 Å². The van der Waals surface area contributed by atoms with Crippen LogP contribution >= 0.6 is 0 Å². The monoisotopic (exact) mass is 542 g/mol. The van der Waals surface area contributed by atoms with Crippen LogP contribution in [0.2, 0.25) is 0 Å². The van der Waals surface area contributed by atoms with Crippen molar-refractivity contribution in [3.05, 3.63) is 139 Å². The number of nitrogens with zero attached hydrogens (tertiary/aromatic N) is 2. The molecule has 0 bridgehead atoms. The Balaban J connectivity index is 1.18. The molecule has 2 nitrogen and oxygen atoms in total. The molecular weight excluding hydrogens is 508 g/mol. The van der Waals surface area contributed by atoms with Gasteiger partial charge in [0.1, 0.15) is 0 Å². The summed E-state index contributed by atoms with van der Waals surface area (Å²) in [5.74, 6) is 0. The number of hydrogen-bond acceptors (Lipinski definition) is 1. The van der Waals surface area contributed by atoms with Crippen molar-refractivity contribution in [3.63, 3.8) is 0 Å². The zero-order valence-electron chi connectivity index (χ0n) is 24.6. The molecule has 8 rings (SSSR count). The molecule has 0 radical (unpaired) electrons. The lowest BCUT2D eigenvalue weighted by molar-refractivity contribution is 0.330. The van der Waals surface area contributed by atoms with Crippen LogP contribution in [0.15, 0.2) is 133 Å². The molecule has 7 aromatic rings. The second-order valence-corrected chi connectivity index (χ2v) is 12.7. The zero-order valence-corrected chi connectivity index (χ0v) is 24.6. The van der Waals surface area contributed by atoms with Gasteiger partial charge in [-0.1, -0.05) is 105 Å². The molecule has 0 N–H and O–H groups in total. The van der Waals surface area contributed by atoms with Gasteiger partial charge >= 0.3 is 0 Å². The van der Waals surface area contributed by atoms with Crippen molar-refractivity contribution in [2.24, 2.45) is 0 Å². The molecule has 0 unspecified atom stereocenters. The van der Waals surface area contributed by atoms with E-state index in [1.165, 1.54) is 66.3 Å². The summed E-state index contributed by atoms with van der Waals surface area (Å²) in [6.07, 6.45) is 0. The minimum atomic E-state index is -0.0481. The first kappa shape index (κ1) is 24.9. The Morgan fingerprint density at radius 1 is 0.476 bits per heavy atom. The van der Waals surface area contributed by atoms with E-state index in [4.69, 9.17) is 0 Å². The molecule has 0 amide bonds. The minimum Gasteiger partial charge on any atom is -0.335 e. The van der Waals surface area contributed by atoms with Crippen LogP contribution in [0, 0.1) is 0 Å². The van der Waals surface area contributed by atoms with Gasteiger partial charge < -0.3 is 9.47 Å². The average molecular weight is 543 g/mol. The first-order chi connectivity index (χ1) is 20.4. The van der Waals surface area contributed by atoms with Gasteiger partial charge in [-0.25, -0.2) is 0 Å². The van der Waals surface area contributed by atoms with Crippen LogP contribution < -0.4 is 4.90 Å². The van der Waals surface area contributed by atoms with Crippen molar-refractivity contribution in [2.45, 2.75) is 38.6 Å². The normalized spacial score (nSPS) is 15.5. The summed E-state index contributed by atoms with van der Waals surface area (Å²) in [4.78, 5) is 2.52. The highest BCUT2D eigenvalue weighted by Gasteiger charge is 2.51. The van der Waals surface area contributed by atoms with Crippen molar-refractivity contribution in [1.29, 1.82) is 0 Å². The number of fused-ring (bicyclic) bond motifs is 6. The van der Waals surface area contributed by atoms with Gasteiger partial charge in [-0.15, -0.1) is 0 Å². The van der Waals surface area contributed by atoms with Gasteiger partial charge in [-0.2, -0.15) is 0 Å². The fourth-order valence-electron chi connectivity index (χ4n) is 7.19. The van der Waals surface area contributed by atoms with Crippen LogP contribution in [0.5, 0.6) is 0 Å². The fourth-order valence-corrected chi connectivity index (χ4v) is 7.19. The van der Waals surface area contributed by atoms with Crippen LogP contribution in [0.1, 0.15) is 33.3 Å². The maximum atomic E-state index is 2.52. The summed E-state index contributed by atoms with van der Waals surface area (Å²) in [6, 6.07) is 48.9. The summed E-state index contributed by atoms with van der Waals surface area (Å²) in [6.45, 7) is 9.44. The van der Waals surface area contributed by atoms with E-state index in [2.05, 4.69) is 171 Å². The first-order valence-corrected chi connectivity index (χ1v) is 14.9. The van der Waals surface area contributed by atoms with Crippen LogP contribution in [-0.2, 0) is 5.41 Å². The van der Waals surface area contributed by atoms with Crippen molar-refractivity contribution in [3.8, 4) is 16.8 Å². The average Bonchev–Trinajstić information content (AvgIpc) is 3.44. The molecular formula is C40H34N2. The van der Waals surface area contributed by atoms with Crippen molar-refractivity contribution < 1.29 is 0 Å². The molecule has 0 saturated heterocycles. The van der Waals surface area contributed by atoms with Crippen molar-refractivity contribution in [1.82, 2.24) is 4.57 Å². The van der Waals surface area contributed by atoms with Crippen molar-refractivity contribution in [2.75, 3.05) is 4.90 Å². The predicted molar refractivity (Wildman–Crippen MR) is 179 cm³/mol. The lowest BCUT2D eigenvalue weighted by atomic mass is 9.72. The van der Waals surface area contributed by atoms with E-state index in [1.807, 2.05) is 0 Å². The smallest absolute Gasteiger partial charge is 0.0547 e. The Morgan fingerprint density at radius 2 is 1.07 bits per heavy atom. The Bertz CT molecular complexity index is 2130. The van der Waals surface area contributed by atoms with E-state index >= 15 is 0 Å². The molecule has 1 aliphatic heterocycles. The van der Waals surface area contributed by atoms with E-state index in [0.717, 1.165) is 0 Å². The highest BCUT2D eigenvalue weighted by molar-refractivity contribution is 6.21. The maximum absolute atomic E-state index is 2.52. The van der Waals surface area contributed by atoms with Gasteiger partial charge in [-0.3, -0.25) is 0 Å². The molecule has 204 valence electrons. The molecule has 2 heteroatoms. The molecule has 0 spiro atoms. The van der Waals surface area contributed by atoms with Crippen LogP contribution in [-0.4, -0.2) is 10.1 Å². The highest BCUT2D eigenvalue weighted by Crippen LogP contribution is 2.54. The number of rotatable bonds is 3. The van der Waals surface area contributed by atoms with Gasteiger partial charge in [0.05, 0.1) is 11.0 Å². The van der Waals surface area contributed by atoms with E-state index < -0.39 is 0 Å². The van der Waals surface area contributed by atoms with Crippen LogP contribution in [0.3, 0.4) is 0 Å². The van der Waals surface area contributed by atoms with Crippen LogP contribution in [0.25, 0.3) is 49.4 Å². The first-order valence-electron chi connectivity index (χ1n) is 14.9. The number of anilines is 2. The Labute approximate surface area is 247 Å². The topological polar surface area (TPSA) is 8.17 Å².